The van der Waals surface area contributed by atoms with Crippen molar-refractivity contribution < 1.29 is 4.84 Å². The summed E-state index contributed by atoms with van der Waals surface area (Å²) in [4.78, 5) is 16.0. The maximum atomic E-state index is 8.90. The van der Waals surface area contributed by atoms with Gasteiger partial charge in [0.2, 0.25) is 12.2 Å². The highest BCUT2D eigenvalue weighted by molar-refractivity contribution is 7.80. The Bertz CT molecular complexity index is 863. The van der Waals surface area contributed by atoms with Gasteiger partial charge in [0, 0.05) is 37.2 Å². The predicted octanol–water partition coefficient (Wildman–Crippen LogP) is 6.05. The minimum atomic E-state index is 0.227. The second-order valence-electron chi connectivity index (χ2n) is 10.7. The number of thiocarbonyl (C=S) groups is 1. The Morgan fingerprint density at radius 1 is 0.974 bits per heavy atom. The van der Waals surface area contributed by atoms with Crippen molar-refractivity contribution in [2.75, 3.05) is 24.6 Å². The van der Waals surface area contributed by atoms with E-state index < -0.39 is 0 Å². The summed E-state index contributed by atoms with van der Waals surface area (Å²) in [6.45, 7) is 2.37. The molecule has 3 rings (SSSR count). The van der Waals surface area contributed by atoms with E-state index in [2.05, 4.69) is 15.3 Å². The van der Waals surface area contributed by atoms with Gasteiger partial charge in [0.1, 0.15) is 0 Å². The number of anilines is 1. The molecule has 38 heavy (non-hydrogen) atoms. The Hall–Kier alpha value is -2.44. The number of hydrogen-bond donors (Lipinski definition) is 2. The first kappa shape index (κ1) is 30.1. The number of aliphatic imine (C=N–C) groups is 1. The second-order valence-corrected chi connectivity index (χ2v) is 11.1. The topological polar surface area (TPSA) is 103 Å². The molecule has 8 nitrogen and oxygen atoms in total. The van der Waals surface area contributed by atoms with Gasteiger partial charge < -0.3 is 16.0 Å². The molecule has 2 fully saturated rings. The molecule has 2 saturated carbocycles. The fourth-order valence-electron chi connectivity index (χ4n) is 5.51. The number of hydrogen-bond acceptors (Lipinski definition) is 5. The van der Waals surface area contributed by atoms with Crippen LogP contribution in [0.2, 0.25) is 0 Å². The average molecular weight is 542 g/mol. The fraction of sp³-hybridized carbons (Fsp3) is 0.724. The van der Waals surface area contributed by atoms with Gasteiger partial charge in [-0.05, 0) is 68.8 Å². The number of guanidine groups is 1. The summed E-state index contributed by atoms with van der Waals surface area (Å²) < 4.78 is 0. The number of nitrogens with two attached hydrogens (primary N) is 1. The van der Waals surface area contributed by atoms with Gasteiger partial charge in [-0.3, -0.25) is 9.82 Å². The van der Waals surface area contributed by atoms with E-state index in [1.165, 1.54) is 70.6 Å². The maximum Gasteiger partial charge on any atom is 0.211 e. The van der Waals surface area contributed by atoms with E-state index in [9.17, 15) is 0 Å². The van der Waals surface area contributed by atoms with Gasteiger partial charge >= 0.3 is 0 Å². The van der Waals surface area contributed by atoms with E-state index in [1.807, 2.05) is 22.1 Å². The lowest BCUT2D eigenvalue weighted by atomic mass is 9.90. The molecule has 0 atom stereocenters. The van der Waals surface area contributed by atoms with Crippen molar-refractivity contribution in [1.29, 1.82) is 5.26 Å². The summed E-state index contributed by atoms with van der Waals surface area (Å²) in [6, 6.07) is 4.26. The maximum absolute atomic E-state index is 8.90. The highest BCUT2D eigenvalue weighted by Gasteiger charge is 2.20. The number of hydroxylamine groups is 2. The highest BCUT2D eigenvalue weighted by Crippen LogP contribution is 2.24. The normalized spacial score (nSPS) is 17.1. The number of unbranched alkanes of at least 4 members (excludes halogenated alkanes) is 5. The van der Waals surface area contributed by atoms with Crippen LogP contribution < -0.4 is 16.0 Å². The zero-order chi connectivity index (χ0) is 26.8. The molecule has 9 heteroatoms. The summed E-state index contributed by atoms with van der Waals surface area (Å²) in [5.41, 5.74) is 6.93. The third kappa shape index (κ3) is 11.1. The zero-order valence-electron chi connectivity index (χ0n) is 23.0. The monoisotopic (exact) mass is 541 g/mol. The lowest BCUT2D eigenvalue weighted by Gasteiger charge is -2.31. The van der Waals surface area contributed by atoms with Crippen LogP contribution in [0, 0.1) is 17.4 Å². The van der Waals surface area contributed by atoms with E-state index in [0.717, 1.165) is 62.6 Å². The van der Waals surface area contributed by atoms with Gasteiger partial charge in [-0.2, -0.15) is 5.26 Å². The van der Waals surface area contributed by atoms with Crippen molar-refractivity contribution in [2.45, 2.75) is 109 Å². The first-order chi connectivity index (χ1) is 18.7. The van der Waals surface area contributed by atoms with E-state index >= 15 is 0 Å². The van der Waals surface area contributed by atoms with Crippen LogP contribution in [0.15, 0.2) is 29.5 Å². The molecule has 0 amide bonds. The van der Waals surface area contributed by atoms with Crippen molar-refractivity contribution >= 4 is 29.0 Å². The van der Waals surface area contributed by atoms with Crippen molar-refractivity contribution in [3.8, 4) is 6.19 Å². The lowest BCUT2D eigenvalue weighted by Crippen LogP contribution is -2.46. The van der Waals surface area contributed by atoms with Crippen molar-refractivity contribution in [1.82, 2.24) is 15.4 Å². The van der Waals surface area contributed by atoms with Crippen LogP contribution >= 0.6 is 12.2 Å². The first-order valence-electron chi connectivity index (χ1n) is 14.8. The summed E-state index contributed by atoms with van der Waals surface area (Å²) >= 11 is 5.80. The standard InChI is InChI=1S/C29H47N7OS/c30-24-33-28(31)35(27-17-19-32-20-18-27)21-11-3-1-2-4-12-22-36(37-23-25-13-7-5-8-14-25)29(38)34-26-15-9-6-10-16-26/h17-20,25-26H,1-16,21-23H2,(H2,31,33)(H,34,38). The van der Waals surface area contributed by atoms with Crippen molar-refractivity contribution in [3.63, 3.8) is 0 Å². The molecular formula is C29H47N7OS. The van der Waals surface area contributed by atoms with Crippen molar-refractivity contribution in [3.05, 3.63) is 24.5 Å². The largest absolute Gasteiger partial charge is 0.369 e. The Kier molecular flexibility index (Phi) is 14.2. The molecule has 2 aliphatic rings. The summed E-state index contributed by atoms with van der Waals surface area (Å²) in [6.07, 6.45) is 24.8. The number of pyridine rings is 1. The molecule has 0 saturated heterocycles. The number of nitriles is 1. The molecule has 3 N–H and O–H groups in total. The molecule has 0 aliphatic heterocycles. The van der Waals surface area contributed by atoms with Crippen LogP contribution in [0.25, 0.3) is 0 Å². The molecule has 1 aromatic heterocycles. The molecule has 210 valence electrons. The molecule has 1 aromatic rings. The van der Waals surface area contributed by atoms with Crippen molar-refractivity contribution in [2.24, 2.45) is 16.6 Å². The van der Waals surface area contributed by atoms with E-state index in [4.69, 9.17) is 28.1 Å². The zero-order valence-corrected chi connectivity index (χ0v) is 23.8. The Morgan fingerprint density at radius 3 is 2.24 bits per heavy atom. The first-order valence-corrected chi connectivity index (χ1v) is 15.2. The minimum Gasteiger partial charge on any atom is -0.369 e. The molecule has 2 aliphatic carbocycles. The van der Waals surface area contributed by atoms with Crippen LogP contribution in [-0.2, 0) is 4.84 Å². The van der Waals surface area contributed by atoms with Gasteiger partial charge in [0.25, 0.3) is 0 Å². The fourth-order valence-corrected chi connectivity index (χ4v) is 5.82. The Labute approximate surface area is 235 Å². The molecule has 0 unspecified atom stereocenters. The average Bonchev–Trinajstić information content (AvgIpc) is 2.95. The summed E-state index contributed by atoms with van der Waals surface area (Å²) in [5, 5.41) is 15.3. The van der Waals surface area contributed by atoms with Crippen LogP contribution in [-0.4, -0.2) is 46.9 Å². The number of aromatic nitrogens is 1. The second kappa shape index (κ2) is 18.0. The number of rotatable bonds is 14. The molecular weight excluding hydrogens is 494 g/mol. The third-order valence-corrected chi connectivity index (χ3v) is 8.08. The predicted molar refractivity (Wildman–Crippen MR) is 158 cm³/mol. The van der Waals surface area contributed by atoms with Crippen LogP contribution in [0.4, 0.5) is 5.69 Å². The van der Waals surface area contributed by atoms with E-state index in [-0.39, 0.29) is 5.96 Å². The van der Waals surface area contributed by atoms with Gasteiger partial charge in [-0.25, -0.2) is 5.06 Å². The minimum absolute atomic E-state index is 0.227. The Morgan fingerprint density at radius 2 is 1.58 bits per heavy atom. The molecule has 0 radical (unpaired) electrons. The third-order valence-electron chi connectivity index (χ3n) is 7.76. The lowest BCUT2D eigenvalue weighted by molar-refractivity contribution is -0.118. The molecule has 0 bridgehead atoms. The molecule has 0 aromatic carbocycles. The van der Waals surface area contributed by atoms with Crippen LogP contribution in [0.3, 0.4) is 0 Å². The number of nitrogens with zero attached hydrogens (tertiary/aromatic N) is 5. The summed E-state index contributed by atoms with van der Waals surface area (Å²) in [5.74, 6) is 0.896. The summed E-state index contributed by atoms with van der Waals surface area (Å²) in [7, 11) is 0. The highest BCUT2D eigenvalue weighted by atomic mass is 32.1. The SMILES string of the molecule is N#CN=C(N)N(CCCCCCCCN(OCC1CCCCC1)C(=S)NC1CCCCC1)c1ccncc1. The van der Waals surface area contributed by atoms with Gasteiger partial charge in [-0.15, -0.1) is 4.99 Å². The molecule has 0 spiro atoms. The quantitative estimate of drug-likeness (QED) is 0.0733. The molecule has 1 heterocycles. The van der Waals surface area contributed by atoms with Crippen LogP contribution in [0.1, 0.15) is 103 Å². The van der Waals surface area contributed by atoms with Gasteiger partial charge in [0.05, 0.1) is 6.61 Å². The van der Waals surface area contributed by atoms with Crippen LogP contribution in [0.5, 0.6) is 0 Å². The van der Waals surface area contributed by atoms with E-state index in [0.29, 0.717) is 12.0 Å². The Balaban J connectivity index is 1.36. The van der Waals surface area contributed by atoms with Gasteiger partial charge in [-0.1, -0.05) is 64.2 Å². The number of nitrogens with one attached hydrogen (secondary N) is 1. The smallest absolute Gasteiger partial charge is 0.211 e. The van der Waals surface area contributed by atoms with Gasteiger partial charge in [0.15, 0.2) is 5.11 Å². The van der Waals surface area contributed by atoms with E-state index in [1.54, 1.807) is 18.6 Å².